The fourth-order valence-corrected chi connectivity index (χ4v) is 24.7. The molecule has 624 valence electrons. The second kappa shape index (κ2) is 30.3. The van der Waals surface area contributed by atoms with Gasteiger partial charge in [-0.2, -0.15) is 0 Å². The van der Waals surface area contributed by atoms with Gasteiger partial charge in [0, 0.05) is 34.1 Å². The Hall–Kier alpha value is -17.0. The molecule has 0 aliphatic heterocycles. The fourth-order valence-electron chi connectivity index (χ4n) is 24.7. The van der Waals surface area contributed by atoms with Gasteiger partial charge >= 0.3 is 0 Å². The minimum Gasteiger partial charge on any atom is -0.310 e. The summed E-state index contributed by atoms with van der Waals surface area (Å²) in [6.45, 7) is 0. The van der Waals surface area contributed by atoms with E-state index in [0.29, 0.717) is 0 Å². The molecule has 0 radical (unpaired) electrons. The van der Waals surface area contributed by atoms with Crippen molar-refractivity contribution < 1.29 is 0 Å². The Bertz CT molecular complexity index is 8190. The van der Waals surface area contributed by atoms with E-state index in [0.717, 1.165) is 56.4 Å². The van der Waals surface area contributed by atoms with Crippen LogP contribution in [0, 0.1) is 0 Å². The number of rotatable bonds is 15. The normalized spacial score (nSPS) is 13.9. The van der Waals surface area contributed by atoms with E-state index in [2.05, 4.69) is 532 Å². The zero-order chi connectivity index (χ0) is 88.2. The van der Waals surface area contributed by atoms with E-state index in [1.54, 1.807) is 0 Å². The van der Waals surface area contributed by atoms with E-state index in [-0.39, 0.29) is 0 Å². The molecule has 0 fully saturated rings. The van der Waals surface area contributed by atoms with E-state index in [1.165, 1.54) is 177 Å². The molecule has 2 nitrogen and oxygen atoms in total. The lowest BCUT2D eigenvalue weighted by atomic mass is 9.67. The van der Waals surface area contributed by atoms with Gasteiger partial charge in [-0.1, -0.05) is 431 Å². The minimum absolute atomic E-state index is 0.536. The molecule has 0 unspecified atom stereocenters. The summed E-state index contributed by atoms with van der Waals surface area (Å²) in [6, 6.07) is 198. The molecule has 22 aromatic rings. The monoisotopic (exact) mass is 1700 g/mol. The van der Waals surface area contributed by atoms with Crippen molar-refractivity contribution in [1.82, 2.24) is 0 Å². The third-order valence-corrected chi connectivity index (χ3v) is 30.3. The van der Waals surface area contributed by atoms with E-state index in [1.807, 2.05) is 0 Å². The first-order valence-corrected chi connectivity index (χ1v) is 46.8. The van der Waals surface area contributed by atoms with E-state index in [9.17, 15) is 0 Å². The Morgan fingerprint density at radius 1 is 0.119 bits per heavy atom. The zero-order valence-corrected chi connectivity index (χ0v) is 73.5. The smallest absolute Gasteiger partial charge is 0.0726 e. The highest BCUT2D eigenvalue weighted by Gasteiger charge is 2.54. The Morgan fingerprint density at radius 3 is 0.716 bits per heavy atom. The van der Waals surface area contributed by atoms with Gasteiger partial charge in [0.15, 0.2) is 0 Å². The third kappa shape index (κ3) is 11.1. The Kier molecular flexibility index (Phi) is 17.4. The Labute approximate surface area is 781 Å². The molecule has 22 aromatic carbocycles. The Balaban J connectivity index is 0.596. The van der Waals surface area contributed by atoms with Crippen molar-refractivity contribution in [2.24, 2.45) is 0 Å². The molecule has 0 atom stereocenters. The molecule has 0 bridgehead atoms. The van der Waals surface area contributed by atoms with Crippen molar-refractivity contribution in [3.05, 3.63) is 611 Å². The van der Waals surface area contributed by atoms with Crippen molar-refractivity contribution in [3.8, 4) is 89.0 Å². The van der Waals surface area contributed by atoms with Crippen molar-refractivity contribution in [3.63, 3.8) is 0 Å². The molecule has 0 saturated heterocycles. The number of anilines is 6. The summed E-state index contributed by atoms with van der Waals surface area (Å²) in [5.74, 6) is 0. The number of benzene rings is 22. The molecule has 0 saturated carbocycles. The second-order valence-electron chi connectivity index (χ2n) is 36.7. The van der Waals surface area contributed by atoms with Crippen LogP contribution >= 0.6 is 0 Å². The first-order chi connectivity index (χ1) is 66.4. The maximum absolute atomic E-state index is 2.54. The second-order valence-corrected chi connectivity index (χ2v) is 36.7. The average molecular weight is 1700 g/mol. The summed E-state index contributed by atoms with van der Waals surface area (Å²) in [4.78, 5) is 5.05. The predicted molar refractivity (Wildman–Crippen MR) is 555 cm³/mol. The largest absolute Gasteiger partial charge is 0.310 e. The van der Waals surface area contributed by atoms with Gasteiger partial charge in [0.1, 0.15) is 0 Å². The van der Waals surface area contributed by atoms with Crippen molar-refractivity contribution in [2.45, 2.75) is 21.7 Å². The molecular formula is C132H86N2. The van der Waals surface area contributed by atoms with Crippen LogP contribution in [0.25, 0.3) is 111 Å². The van der Waals surface area contributed by atoms with Crippen molar-refractivity contribution >= 4 is 55.7 Å². The first-order valence-electron chi connectivity index (χ1n) is 46.8. The maximum Gasteiger partial charge on any atom is 0.0726 e. The fraction of sp³-hybridized carbons (Fsp3) is 0.0303. The van der Waals surface area contributed by atoms with Gasteiger partial charge < -0.3 is 9.80 Å². The summed E-state index contributed by atoms with van der Waals surface area (Å²) < 4.78 is 0. The number of nitrogens with zero attached hydrogens (tertiary/aromatic N) is 2. The molecule has 0 aromatic heterocycles. The predicted octanol–water partition coefficient (Wildman–Crippen LogP) is 33.4. The van der Waals surface area contributed by atoms with E-state index >= 15 is 0 Å². The van der Waals surface area contributed by atoms with Crippen LogP contribution < -0.4 is 9.80 Å². The Morgan fingerprint density at radius 2 is 0.351 bits per heavy atom. The maximum atomic E-state index is 2.54. The lowest BCUT2D eigenvalue weighted by Gasteiger charge is -2.36. The standard InChI is InChI=1S/C132H86N2/c1-7-34-96(35-8-1)129(97-36-9-2-10-37-97)118-52-26-21-48-111(118)114-76-72-104(83-124(114)129)133(106-74-78-116-113-50-25-30-56-122(113)132(126(116)85-106)120-54-28-23-46-109(120)110-47-24-29-55-121(110)132)102-70-66-89(67-71-102)92-60-61-94-82-95(63-62-93(94)81-92)108-51-31-57-123-128(108)117-79-75-107(86-127(117)131(123,100-42-15-5-16-43-100)101-44-17-6-18-45-101)134(103-68-64-88(65-69-103)91-59-58-87-32-19-20-33-90(87)80-91)105-73-77-115-112-49-22-27-53-119(112)130(125(115)84-105,98-38-11-3-12-39-98)99-40-13-4-14-41-99/h1-86H. The van der Waals surface area contributed by atoms with Crippen LogP contribution in [0.3, 0.4) is 0 Å². The van der Waals surface area contributed by atoms with Gasteiger partial charge in [-0.15, -0.1) is 0 Å². The highest BCUT2D eigenvalue weighted by Crippen LogP contribution is 2.66. The molecule has 0 heterocycles. The number of hydrogen-bond acceptors (Lipinski definition) is 2. The van der Waals surface area contributed by atoms with Crippen LogP contribution in [0.5, 0.6) is 0 Å². The van der Waals surface area contributed by atoms with Gasteiger partial charge in [0.2, 0.25) is 0 Å². The molecule has 5 aliphatic rings. The molecular weight excluding hydrogens is 1610 g/mol. The van der Waals surface area contributed by atoms with Crippen LogP contribution in [-0.4, -0.2) is 0 Å². The molecule has 2 heteroatoms. The average Bonchev–Trinajstić information content (AvgIpc) is 1.51. The number of fused-ring (bicyclic) bond motifs is 21. The summed E-state index contributed by atoms with van der Waals surface area (Å²) in [6.07, 6.45) is 0. The molecule has 5 aliphatic carbocycles. The summed E-state index contributed by atoms with van der Waals surface area (Å²) >= 11 is 0. The molecule has 0 N–H and O–H groups in total. The quantitative estimate of drug-likeness (QED) is 0.101. The van der Waals surface area contributed by atoms with Gasteiger partial charge in [-0.05, 0) is 291 Å². The van der Waals surface area contributed by atoms with Gasteiger partial charge in [-0.3, -0.25) is 0 Å². The number of hydrogen-bond donors (Lipinski definition) is 0. The summed E-state index contributed by atoms with van der Waals surface area (Å²) in [7, 11) is 0. The highest BCUT2D eigenvalue weighted by atomic mass is 15.1. The topological polar surface area (TPSA) is 6.48 Å². The minimum atomic E-state index is -0.741. The van der Waals surface area contributed by atoms with Crippen LogP contribution in [0.4, 0.5) is 34.1 Å². The van der Waals surface area contributed by atoms with Gasteiger partial charge in [0.25, 0.3) is 0 Å². The SMILES string of the molecule is c1ccc(C2(c3ccccc3)c3ccccc3-c3ccc(N(c4ccc(-c5ccc6ccccc6c5)cc4)c4ccc5c(c4)C(c4ccccc4)(c4ccccc4)c4cccc(-c6ccc7cc(-c8ccc(N(c9ccc%10c(c9)C(c9ccccc9)(c9ccccc9)c9ccccc9-%10)c9ccc%10c(c9)C9(c%11ccccc%11-c%11ccccc%119)c9ccccc9-%10)cc8)ccc7c6)c4-5)cc32)cc1. The molecule has 1 spiro atoms. The van der Waals surface area contributed by atoms with E-state index < -0.39 is 21.7 Å². The van der Waals surface area contributed by atoms with Crippen molar-refractivity contribution in [1.29, 1.82) is 0 Å². The molecule has 27 rings (SSSR count). The summed E-state index contributed by atoms with van der Waals surface area (Å²) in [5, 5.41) is 4.79. The molecule has 134 heavy (non-hydrogen) atoms. The van der Waals surface area contributed by atoms with Gasteiger partial charge in [-0.25, -0.2) is 0 Å². The van der Waals surface area contributed by atoms with Crippen LogP contribution in [0.1, 0.15) is 89.0 Å². The lowest BCUT2D eigenvalue weighted by molar-refractivity contribution is 0.767. The third-order valence-electron chi connectivity index (χ3n) is 30.3. The van der Waals surface area contributed by atoms with Gasteiger partial charge in [0.05, 0.1) is 21.7 Å². The van der Waals surface area contributed by atoms with Crippen LogP contribution in [-0.2, 0) is 21.7 Å². The summed E-state index contributed by atoms with van der Waals surface area (Å²) in [5.41, 5.74) is 43.6. The highest BCUT2D eigenvalue weighted by molar-refractivity contribution is 6.03. The van der Waals surface area contributed by atoms with Crippen LogP contribution in [0.15, 0.2) is 522 Å². The van der Waals surface area contributed by atoms with E-state index in [4.69, 9.17) is 0 Å². The first kappa shape index (κ1) is 77.0. The zero-order valence-electron chi connectivity index (χ0n) is 73.5. The molecule has 0 amide bonds. The lowest BCUT2D eigenvalue weighted by Crippen LogP contribution is -2.29. The van der Waals surface area contributed by atoms with Crippen LogP contribution in [0.2, 0.25) is 0 Å². The van der Waals surface area contributed by atoms with Crippen molar-refractivity contribution in [2.75, 3.05) is 9.80 Å².